The van der Waals surface area contributed by atoms with Crippen LogP contribution in [-0.2, 0) is 4.79 Å². The number of benzene rings is 2. The topological polar surface area (TPSA) is 38.3 Å². The number of hydrogen-bond acceptors (Lipinski definition) is 2. The zero-order valence-corrected chi connectivity index (χ0v) is 14.4. The van der Waals surface area contributed by atoms with Crippen LogP contribution in [0.4, 0.5) is 5.69 Å². The summed E-state index contributed by atoms with van der Waals surface area (Å²) < 4.78 is 5.52. The second-order valence-corrected chi connectivity index (χ2v) is 6.17. The van der Waals surface area contributed by atoms with Gasteiger partial charge in [0.25, 0.3) is 5.91 Å². The number of rotatable bonds is 4. The van der Waals surface area contributed by atoms with Crippen molar-refractivity contribution in [2.45, 2.75) is 13.0 Å². The highest BCUT2D eigenvalue weighted by Gasteiger charge is 2.16. The number of nitrogens with one attached hydrogen (secondary N) is 1. The monoisotopic (exact) mass is 377 g/mol. The second kappa shape index (κ2) is 7.42. The van der Waals surface area contributed by atoms with Crippen molar-refractivity contribution in [3.63, 3.8) is 0 Å². The number of ether oxygens (including phenoxy) is 1. The lowest BCUT2D eigenvalue weighted by atomic mass is 10.3. The van der Waals surface area contributed by atoms with Gasteiger partial charge < -0.3 is 10.1 Å². The summed E-state index contributed by atoms with van der Waals surface area (Å²) in [5.41, 5.74) is 0.493. The zero-order chi connectivity index (χ0) is 16.3. The minimum atomic E-state index is -0.741. The van der Waals surface area contributed by atoms with Crippen LogP contribution in [0.5, 0.6) is 5.75 Å². The minimum absolute atomic E-state index is 0.343. The van der Waals surface area contributed by atoms with Crippen molar-refractivity contribution in [2.24, 2.45) is 0 Å². The van der Waals surface area contributed by atoms with Gasteiger partial charge in [-0.05, 0) is 37.3 Å². The predicted molar refractivity (Wildman–Crippen MR) is 91.6 cm³/mol. The molecule has 0 aliphatic carbocycles. The molecule has 2 aromatic carbocycles. The first-order valence-electron chi connectivity index (χ1n) is 6.24. The Hall–Kier alpha value is -1.13. The third-order valence-electron chi connectivity index (χ3n) is 2.70. The molecule has 0 saturated heterocycles. The molecule has 0 heterocycles. The van der Waals surface area contributed by atoms with E-state index in [1.807, 2.05) is 0 Å². The number of halogens is 4. The minimum Gasteiger partial charge on any atom is -0.481 e. The number of carbonyl (C=O) groups is 1. The fourth-order valence-corrected chi connectivity index (χ4v) is 2.49. The summed E-state index contributed by atoms with van der Waals surface area (Å²) in [4.78, 5) is 12.1. The molecule has 2 aromatic rings. The van der Waals surface area contributed by atoms with Gasteiger partial charge in [0, 0.05) is 21.8 Å². The van der Waals surface area contributed by atoms with Crippen LogP contribution in [0, 0.1) is 0 Å². The lowest BCUT2D eigenvalue weighted by Crippen LogP contribution is -2.30. The maximum absolute atomic E-state index is 12.1. The highest BCUT2D eigenvalue weighted by atomic mass is 35.5. The fraction of sp³-hybridized carbons (Fsp3) is 0.133. The lowest BCUT2D eigenvalue weighted by Gasteiger charge is -2.15. The molecule has 22 heavy (non-hydrogen) atoms. The SMILES string of the molecule is C[C@H](Oc1ccc(Cl)c(Cl)c1)C(=O)Nc1cc(Cl)cc(Cl)c1. The van der Waals surface area contributed by atoms with Crippen LogP contribution < -0.4 is 10.1 Å². The molecule has 0 bridgehead atoms. The lowest BCUT2D eigenvalue weighted by molar-refractivity contribution is -0.122. The van der Waals surface area contributed by atoms with Crippen molar-refractivity contribution in [2.75, 3.05) is 5.32 Å². The summed E-state index contributed by atoms with van der Waals surface area (Å²) in [6.07, 6.45) is -0.741. The molecule has 0 spiro atoms. The van der Waals surface area contributed by atoms with Gasteiger partial charge in [0.2, 0.25) is 0 Å². The van der Waals surface area contributed by atoms with Gasteiger partial charge in [0.1, 0.15) is 5.75 Å². The molecule has 116 valence electrons. The third kappa shape index (κ3) is 4.68. The van der Waals surface area contributed by atoms with E-state index in [2.05, 4.69) is 5.32 Å². The molecule has 0 fully saturated rings. The van der Waals surface area contributed by atoms with Gasteiger partial charge in [0.15, 0.2) is 6.10 Å². The quantitative estimate of drug-likeness (QED) is 0.740. The molecular weight excluding hydrogens is 368 g/mol. The van der Waals surface area contributed by atoms with E-state index in [0.717, 1.165) is 0 Å². The highest BCUT2D eigenvalue weighted by Crippen LogP contribution is 2.27. The molecule has 0 radical (unpaired) electrons. The number of anilines is 1. The molecular formula is C15H11Cl4NO2. The summed E-state index contributed by atoms with van der Waals surface area (Å²) >= 11 is 23.5. The first-order valence-corrected chi connectivity index (χ1v) is 7.75. The zero-order valence-electron chi connectivity index (χ0n) is 11.4. The molecule has 0 unspecified atom stereocenters. The van der Waals surface area contributed by atoms with Crippen LogP contribution in [0.3, 0.4) is 0 Å². The van der Waals surface area contributed by atoms with E-state index >= 15 is 0 Å². The van der Waals surface area contributed by atoms with E-state index < -0.39 is 6.10 Å². The standard InChI is InChI=1S/C15H11Cl4NO2/c1-8(22-12-2-3-13(18)14(19)7-12)15(21)20-11-5-9(16)4-10(17)6-11/h2-8H,1H3,(H,20,21)/t8-/m0/s1. The van der Waals surface area contributed by atoms with Gasteiger partial charge in [-0.3, -0.25) is 4.79 Å². The van der Waals surface area contributed by atoms with Gasteiger partial charge >= 0.3 is 0 Å². The fourth-order valence-electron chi connectivity index (χ4n) is 1.68. The second-order valence-electron chi connectivity index (χ2n) is 4.48. The first kappa shape index (κ1) is 17.2. The molecule has 0 aliphatic heterocycles. The molecule has 0 saturated carbocycles. The van der Waals surface area contributed by atoms with Crippen molar-refractivity contribution >= 4 is 58.0 Å². The summed E-state index contributed by atoms with van der Waals surface area (Å²) in [7, 11) is 0. The Morgan fingerprint density at radius 1 is 1.00 bits per heavy atom. The molecule has 0 aliphatic rings. The predicted octanol–water partition coefficient (Wildman–Crippen LogP) is 5.71. The highest BCUT2D eigenvalue weighted by molar-refractivity contribution is 6.42. The van der Waals surface area contributed by atoms with Crippen LogP contribution in [0.2, 0.25) is 20.1 Å². The van der Waals surface area contributed by atoms with E-state index in [1.165, 1.54) is 0 Å². The molecule has 2 rings (SSSR count). The first-order chi connectivity index (χ1) is 10.3. The maximum atomic E-state index is 12.1. The Kier molecular flexibility index (Phi) is 5.81. The third-order valence-corrected chi connectivity index (χ3v) is 3.88. The van der Waals surface area contributed by atoms with E-state index in [0.29, 0.717) is 31.5 Å². The van der Waals surface area contributed by atoms with E-state index in [-0.39, 0.29) is 5.91 Å². The Balaban J connectivity index is 2.04. The average Bonchev–Trinajstić information content (AvgIpc) is 2.41. The van der Waals surface area contributed by atoms with Crippen molar-refractivity contribution < 1.29 is 9.53 Å². The molecule has 1 N–H and O–H groups in total. The van der Waals surface area contributed by atoms with Gasteiger partial charge in [-0.1, -0.05) is 46.4 Å². The summed E-state index contributed by atoms with van der Waals surface area (Å²) in [6, 6.07) is 9.54. The molecule has 1 atom stereocenters. The van der Waals surface area contributed by atoms with E-state index in [4.69, 9.17) is 51.1 Å². The van der Waals surface area contributed by atoms with Crippen molar-refractivity contribution in [3.05, 3.63) is 56.5 Å². The number of hydrogen-bond donors (Lipinski definition) is 1. The van der Waals surface area contributed by atoms with Crippen LogP contribution in [0.1, 0.15) is 6.92 Å². The maximum Gasteiger partial charge on any atom is 0.265 e. The average molecular weight is 379 g/mol. The summed E-state index contributed by atoms with van der Waals surface area (Å²) in [5.74, 6) is 0.102. The van der Waals surface area contributed by atoms with Crippen LogP contribution in [0.25, 0.3) is 0 Å². The molecule has 1 amide bonds. The van der Waals surface area contributed by atoms with E-state index in [9.17, 15) is 4.79 Å². The summed E-state index contributed by atoms with van der Waals surface area (Å²) in [5, 5.41) is 4.31. The normalized spacial score (nSPS) is 11.9. The smallest absolute Gasteiger partial charge is 0.265 e. The Bertz CT molecular complexity index is 686. The number of amides is 1. The molecule has 7 heteroatoms. The van der Waals surface area contributed by atoms with Crippen LogP contribution >= 0.6 is 46.4 Å². The van der Waals surface area contributed by atoms with Crippen LogP contribution in [0.15, 0.2) is 36.4 Å². The van der Waals surface area contributed by atoms with Gasteiger partial charge in [-0.2, -0.15) is 0 Å². The van der Waals surface area contributed by atoms with Crippen molar-refractivity contribution in [3.8, 4) is 5.75 Å². The molecule has 3 nitrogen and oxygen atoms in total. The molecule has 0 aromatic heterocycles. The number of carbonyl (C=O) groups excluding carboxylic acids is 1. The Labute approximate surface area is 148 Å². The largest absolute Gasteiger partial charge is 0.481 e. The van der Waals surface area contributed by atoms with Crippen molar-refractivity contribution in [1.82, 2.24) is 0 Å². The van der Waals surface area contributed by atoms with Crippen molar-refractivity contribution in [1.29, 1.82) is 0 Å². The van der Waals surface area contributed by atoms with Gasteiger partial charge in [0.05, 0.1) is 10.0 Å². The van der Waals surface area contributed by atoms with Gasteiger partial charge in [-0.15, -0.1) is 0 Å². The Morgan fingerprint density at radius 3 is 2.23 bits per heavy atom. The van der Waals surface area contributed by atoms with Gasteiger partial charge in [-0.25, -0.2) is 0 Å². The van der Waals surface area contributed by atoms with Crippen LogP contribution in [-0.4, -0.2) is 12.0 Å². The Morgan fingerprint density at radius 2 is 1.64 bits per heavy atom. The summed E-state index contributed by atoms with van der Waals surface area (Å²) in [6.45, 7) is 1.62. The van der Waals surface area contributed by atoms with E-state index in [1.54, 1.807) is 43.3 Å².